The first-order valence-electron chi connectivity index (χ1n) is 11.8. The topological polar surface area (TPSA) is 153 Å². The fraction of sp³-hybridized carbons (Fsp3) is 0.296. The summed E-state index contributed by atoms with van der Waals surface area (Å²) in [4.78, 5) is 56.5. The molecule has 0 saturated heterocycles. The van der Waals surface area contributed by atoms with Gasteiger partial charge in [-0.1, -0.05) is 5.92 Å². The van der Waals surface area contributed by atoms with Gasteiger partial charge in [0.25, 0.3) is 11.5 Å². The third kappa shape index (κ3) is 5.46. The highest BCUT2D eigenvalue weighted by Crippen LogP contribution is 2.39. The van der Waals surface area contributed by atoms with Gasteiger partial charge in [0.1, 0.15) is 11.9 Å². The minimum atomic E-state index is -1.31. The number of benzene rings is 2. The Kier molecular flexibility index (Phi) is 7.25. The summed E-state index contributed by atoms with van der Waals surface area (Å²) in [7, 11) is 0. The number of anilines is 1. The summed E-state index contributed by atoms with van der Waals surface area (Å²) in [6.45, 7) is 2.04. The molecular weight excluding hydrogens is 476 g/mol. The number of fused-ring (bicyclic) bond motifs is 2. The fourth-order valence-electron chi connectivity index (χ4n) is 4.71. The summed E-state index contributed by atoms with van der Waals surface area (Å²) in [6, 6.07) is 9.04. The molecule has 0 radical (unpaired) electrons. The van der Waals surface area contributed by atoms with E-state index in [1.807, 2.05) is 17.0 Å². The van der Waals surface area contributed by atoms with E-state index in [4.69, 9.17) is 11.5 Å². The third-order valence-corrected chi connectivity index (χ3v) is 6.48. The summed E-state index contributed by atoms with van der Waals surface area (Å²) >= 11 is 0. The first-order valence-corrected chi connectivity index (χ1v) is 11.8. The van der Waals surface area contributed by atoms with Crippen molar-refractivity contribution < 1.29 is 24.6 Å². The predicted octanol–water partition coefficient (Wildman–Crippen LogP) is 2.41. The van der Waals surface area contributed by atoms with Crippen LogP contribution >= 0.6 is 0 Å². The number of carboxylic acids is 2. The van der Waals surface area contributed by atoms with Crippen molar-refractivity contribution in [2.45, 2.75) is 44.7 Å². The van der Waals surface area contributed by atoms with Crippen LogP contribution in [0, 0.1) is 19.3 Å². The number of carbonyl (C=O) groups is 3. The van der Waals surface area contributed by atoms with Crippen LogP contribution in [0.5, 0.6) is 0 Å². The van der Waals surface area contributed by atoms with Crippen LogP contribution in [0.1, 0.15) is 52.6 Å². The summed E-state index contributed by atoms with van der Waals surface area (Å²) < 4.78 is 0. The first-order chi connectivity index (χ1) is 17.7. The van der Waals surface area contributed by atoms with Gasteiger partial charge in [-0.25, -0.2) is 9.78 Å². The van der Waals surface area contributed by atoms with E-state index in [2.05, 4.69) is 21.2 Å². The van der Waals surface area contributed by atoms with E-state index >= 15 is 0 Å². The number of aromatic amines is 1. The summed E-state index contributed by atoms with van der Waals surface area (Å²) in [5.41, 5.74) is 3.57. The maximum Gasteiger partial charge on any atom is 0.326 e. The van der Waals surface area contributed by atoms with Crippen LogP contribution in [0.15, 0.2) is 41.2 Å². The van der Waals surface area contributed by atoms with E-state index in [0.717, 1.165) is 29.7 Å². The lowest BCUT2D eigenvalue weighted by Crippen LogP contribution is -2.41. The van der Waals surface area contributed by atoms with E-state index in [1.54, 1.807) is 31.2 Å². The molecule has 1 heterocycles. The van der Waals surface area contributed by atoms with Crippen LogP contribution in [0.2, 0.25) is 0 Å². The number of hydrogen-bond donors (Lipinski definition) is 4. The number of aryl methyl sites for hydroxylation is 2. The van der Waals surface area contributed by atoms with Crippen molar-refractivity contribution in [3.8, 4) is 12.3 Å². The van der Waals surface area contributed by atoms with Gasteiger partial charge in [-0.15, -0.1) is 6.42 Å². The van der Waals surface area contributed by atoms with Gasteiger partial charge in [-0.2, -0.15) is 0 Å². The normalized spacial score (nSPS) is 15.0. The zero-order chi connectivity index (χ0) is 26.7. The molecule has 2 aromatic carbocycles. The lowest BCUT2D eigenvalue weighted by atomic mass is 10.0. The molecule has 1 unspecified atom stereocenters. The van der Waals surface area contributed by atoms with Crippen molar-refractivity contribution in [1.29, 1.82) is 0 Å². The Morgan fingerprint density at radius 3 is 2.62 bits per heavy atom. The molecule has 37 heavy (non-hydrogen) atoms. The Bertz CT molecular complexity index is 1470. The highest BCUT2D eigenvalue weighted by atomic mass is 16.4. The molecule has 4 N–H and O–H groups in total. The Labute approximate surface area is 212 Å². The molecule has 10 heteroatoms. The summed E-state index contributed by atoms with van der Waals surface area (Å²) in [6.07, 6.45) is 6.67. The SMILES string of the molecule is C#CCN(c1ccc(C(=O)N[C@@H](CCC(=O)O)C(=O)O)cc1)C1CCc2cc3nc(C)[nH]c(=O)c3cc21. The van der Waals surface area contributed by atoms with Crippen molar-refractivity contribution in [2.24, 2.45) is 0 Å². The van der Waals surface area contributed by atoms with Crippen molar-refractivity contribution in [2.75, 3.05) is 11.4 Å². The fourth-order valence-corrected chi connectivity index (χ4v) is 4.71. The zero-order valence-electron chi connectivity index (χ0n) is 20.2. The molecule has 3 aromatic rings. The van der Waals surface area contributed by atoms with Gasteiger partial charge in [-0.3, -0.25) is 14.4 Å². The number of H-pyrrole nitrogens is 1. The zero-order valence-corrected chi connectivity index (χ0v) is 20.2. The van der Waals surface area contributed by atoms with Crippen LogP contribution in [-0.4, -0.2) is 50.6 Å². The van der Waals surface area contributed by atoms with Gasteiger partial charge in [0.05, 0.1) is 23.5 Å². The van der Waals surface area contributed by atoms with Crippen LogP contribution < -0.4 is 15.8 Å². The molecule has 0 spiro atoms. The summed E-state index contributed by atoms with van der Waals surface area (Å²) in [5, 5.41) is 21.0. The monoisotopic (exact) mass is 502 g/mol. The van der Waals surface area contributed by atoms with Crippen molar-refractivity contribution >= 4 is 34.4 Å². The quantitative estimate of drug-likeness (QED) is 0.326. The number of nitrogens with zero attached hydrogens (tertiary/aromatic N) is 2. The lowest BCUT2D eigenvalue weighted by Gasteiger charge is -2.30. The van der Waals surface area contributed by atoms with E-state index in [0.29, 0.717) is 23.3 Å². The Morgan fingerprint density at radius 1 is 1.24 bits per heavy atom. The number of carboxylic acid groups (broad SMARTS) is 2. The van der Waals surface area contributed by atoms with Crippen LogP contribution in [-0.2, 0) is 16.0 Å². The number of nitrogens with one attached hydrogen (secondary N) is 2. The lowest BCUT2D eigenvalue weighted by molar-refractivity contribution is -0.140. The highest BCUT2D eigenvalue weighted by molar-refractivity contribution is 5.97. The number of carbonyl (C=O) groups excluding carboxylic acids is 1. The second-order valence-corrected chi connectivity index (χ2v) is 8.95. The largest absolute Gasteiger partial charge is 0.481 e. The van der Waals surface area contributed by atoms with E-state index < -0.39 is 23.9 Å². The van der Waals surface area contributed by atoms with Crippen molar-refractivity contribution in [3.05, 3.63) is 69.3 Å². The average molecular weight is 503 g/mol. The van der Waals surface area contributed by atoms with Gasteiger partial charge in [0, 0.05) is 17.7 Å². The molecule has 4 rings (SSSR count). The molecule has 2 atom stereocenters. The second kappa shape index (κ2) is 10.5. The Balaban J connectivity index is 1.58. The summed E-state index contributed by atoms with van der Waals surface area (Å²) in [5.74, 6) is 0.176. The number of amides is 1. The molecule has 190 valence electrons. The minimum Gasteiger partial charge on any atom is -0.481 e. The van der Waals surface area contributed by atoms with Gasteiger partial charge in [0.15, 0.2) is 0 Å². The standard InChI is InChI=1S/C27H26N4O6/c1-3-12-31(23-10-6-17-13-22-20(14-19(17)23)26(35)29-15(2)28-22)18-7-4-16(5-8-18)25(34)30-21(27(36)37)9-11-24(32)33/h1,4-5,7-8,13-14,21,23H,6,9-12H2,2H3,(H,30,34)(H,32,33)(H,36,37)(H,28,29,35)/t21-,23?/m0/s1. The maximum atomic E-state index is 12.6. The average Bonchev–Trinajstić information content (AvgIpc) is 3.26. The number of rotatable bonds is 9. The minimum absolute atomic E-state index is 0.0803. The number of hydrogen-bond acceptors (Lipinski definition) is 6. The van der Waals surface area contributed by atoms with Gasteiger partial charge < -0.3 is 25.4 Å². The van der Waals surface area contributed by atoms with Crippen LogP contribution in [0.4, 0.5) is 5.69 Å². The number of aromatic nitrogens is 2. The molecule has 1 aliphatic carbocycles. The second-order valence-electron chi connectivity index (χ2n) is 8.95. The van der Waals surface area contributed by atoms with Crippen LogP contribution in [0.3, 0.4) is 0 Å². The van der Waals surface area contributed by atoms with Crippen molar-refractivity contribution in [3.63, 3.8) is 0 Å². The molecule has 1 amide bonds. The van der Waals surface area contributed by atoms with Crippen LogP contribution in [0.25, 0.3) is 10.9 Å². The number of aliphatic carboxylic acids is 2. The molecule has 1 aliphatic rings. The van der Waals surface area contributed by atoms with Gasteiger partial charge >= 0.3 is 11.9 Å². The number of terminal acetylenes is 1. The molecule has 0 saturated carbocycles. The van der Waals surface area contributed by atoms with Gasteiger partial charge in [0.2, 0.25) is 0 Å². The first kappa shape index (κ1) is 25.4. The van der Waals surface area contributed by atoms with E-state index in [1.165, 1.54) is 0 Å². The molecule has 10 nitrogen and oxygen atoms in total. The third-order valence-electron chi connectivity index (χ3n) is 6.48. The smallest absolute Gasteiger partial charge is 0.326 e. The van der Waals surface area contributed by atoms with E-state index in [9.17, 15) is 24.3 Å². The van der Waals surface area contributed by atoms with Crippen molar-refractivity contribution in [1.82, 2.24) is 15.3 Å². The molecule has 0 fully saturated rings. The predicted molar refractivity (Wildman–Crippen MR) is 137 cm³/mol. The Morgan fingerprint density at radius 2 is 1.97 bits per heavy atom. The molecule has 0 bridgehead atoms. The molecular formula is C27H26N4O6. The molecule has 1 aromatic heterocycles. The maximum absolute atomic E-state index is 12.6. The highest BCUT2D eigenvalue weighted by Gasteiger charge is 2.29. The Hall–Kier alpha value is -4.65. The van der Waals surface area contributed by atoms with E-state index in [-0.39, 0.29) is 30.0 Å². The molecule has 0 aliphatic heterocycles. The van der Waals surface area contributed by atoms with Gasteiger partial charge in [-0.05, 0) is 73.7 Å².